The number of fused-ring (bicyclic) bond motifs is 2. The Bertz CT molecular complexity index is 985. The fourth-order valence-corrected chi connectivity index (χ4v) is 4.40. The van der Waals surface area contributed by atoms with E-state index in [-0.39, 0.29) is 18.1 Å². The molecular formula is C19H20N2O4S. The maximum atomic E-state index is 12.0. The van der Waals surface area contributed by atoms with Crippen molar-refractivity contribution in [3.8, 4) is 11.1 Å². The second-order valence-corrected chi connectivity index (χ2v) is 8.68. The molecule has 2 aliphatic rings. The van der Waals surface area contributed by atoms with Gasteiger partial charge in [0.25, 0.3) is 0 Å². The maximum Gasteiger partial charge on any atom is 0.211 e. The number of hydrogen-bond acceptors (Lipinski definition) is 5. The van der Waals surface area contributed by atoms with Crippen LogP contribution in [0.25, 0.3) is 11.1 Å². The number of hydrogen-bond donors (Lipinski definition) is 1. The number of ketones is 1. The van der Waals surface area contributed by atoms with Crippen molar-refractivity contribution in [2.75, 3.05) is 12.4 Å². The summed E-state index contributed by atoms with van der Waals surface area (Å²) in [4.78, 5) is 16.2. The largest absolute Gasteiger partial charge is 0.375 e. The predicted molar refractivity (Wildman–Crippen MR) is 97.3 cm³/mol. The van der Waals surface area contributed by atoms with Crippen molar-refractivity contribution in [1.29, 1.82) is 0 Å². The number of pyridine rings is 1. The van der Waals surface area contributed by atoms with Crippen LogP contribution in [0, 0.1) is 0 Å². The van der Waals surface area contributed by atoms with Crippen LogP contribution < -0.4 is 4.72 Å². The lowest BCUT2D eigenvalue weighted by atomic mass is 9.92. The molecule has 26 heavy (non-hydrogen) atoms. The topological polar surface area (TPSA) is 85.4 Å². The van der Waals surface area contributed by atoms with Crippen molar-refractivity contribution >= 4 is 15.8 Å². The standard InChI is InChI=1S/C19H20N2O4S/c1-2-26(23,24)21-18-11-25-10-17-15(8-20-9-16(17)18)13-3-5-14-12(7-13)4-6-19(14)22/h3,5,7-9,18,21H,2,4,6,10-11H2,1H3. The van der Waals surface area contributed by atoms with Crippen molar-refractivity contribution < 1.29 is 17.9 Å². The van der Waals surface area contributed by atoms with E-state index in [1.807, 2.05) is 18.2 Å². The van der Waals surface area contributed by atoms with E-state index in [0.29, 0.717) is 13.0 Å². The molecule has 0 amide bonds. The third-order valence-electron chi connectivity index (χ3n) is 5.04. The summed E-state index contributed by atoms with van der Waals surface area (Å²) in [7, 11) is -3.35. The highest BCUT2D eigenvalue weighted by atomic mass is 32.2. The zero-order valence-corrected chi connectivity index (χ0v) is 15.3. The van der Waals surface area contributed by atoms with Gasteiger partial charge in [0.2, 0.25) is 10.0 Å². The lowest BCUT2D eigenvalue weighted by Gasteiger charge is -2.27. The van der Waals surface area contributed by atoms with Gasteiger partial charge in [0.1, 0.15) is 0 Å². The first-order valence-electron chi connectivity index (χ1n) is 8.69. The van der Waals surface area contributed by atoms with Gasteiger partial charge in [0, 0.05) is 29.9 Å². The first kappa shape index (κ1) is 17.3. The van der Waals surface area contributed by atoms with Crippen LogP contribution in [0.1, 0.15) is 46.4 Å². The third-order valence-corrected chi connectivity index (χ3v) is 6.44. The molecule has 1 N–H and O–H groups in total. The Labute approximate surface area is 152 Å². The van der Waals surface area contributed by atoms with Gasteiger partial charge in [-0.15, -0.1) is 0 Å². The van der Waals surface area contributed by atoms with Gasteiger partial charge in [0.15, 0.2) is 5.78 Å². The van der Waals surface area contributed by atoms with E-state index in [1.165, 1.54) is 0 Å². The number of rotatable bonds is 4. The van der Waals surface area contributed by atoms with Crippen LogP contribution in [0.5, 0.6) is 0 Å². The molecule has 0 fully saturated rings. The fourth-order valence-electron chi connectivity index (χ4n) is 3.60. The molecule has 0 saturated carbocycles. The van der Waals surface area contributed by atoms with E-state index in [4.69, 9.17) is 4.74 Å². The Morgan fingerprint density at radius 2 is 2.08 bits per heavy atom. The molecule has 4 rings (SSSR count). The number of nitrogens with zero attached hydrogens (tertiary/aromatic N) is 1. The van der Waals surface area contributed by atoms with Crippen LogP contribution in [0.3, 0.4) is 0 Å². The number of nitrogens with one attached hydrogen (secondary N) is 1. The summed E-state index contributed by atoms with van der Waals surface area (Å²) in [5, 5.41) is 0. The SMILES string of the molecule is CCS(=O)(=O)NC1COCc2c(-c3ccc4c(c3)CCC4=O)cncc21. The van der Waals surface area contributed by atoms with Gasteiger partial charge in [-0.3, -0.25) is 9.78 Å². The monoisotopic (exact) mass is 372 g/mol. The average molecular weight is 372 g/mol. The highest BCUT2D eigenvalue weighted by Gasteiger charge is 2.27. The smallest absolute Gasteiger partial charge is 0.211 e. The summed E-state index contributed by atoms with van der Waals surface area (Å²) < 4.78 is 32.3. The molecule has 1 atom stereocenters. The number of benzene rings is 1. The molecule has 2 heterocycles. The zero-order chi connectivity index (χ0) is 18.3. The first-order chi connectivity index (χ1) is 12.5. The molecule has 1 aliphatic carbocycles. The molecule has 2 aromatic rings. The minimum absolute atomic E-state index is 0.0187. The Kier molecular flexibility index (Phi) is 4.38. The summed E-state index contributed by atoms with van der Waals surface area (Å²) in [6, 6.07) is 5.41. The Balaban J connectivity index is 1.75. The Morgan fingerprint density at radius 1 is 1.23 bits per heavy atom. The average Bonchev–Trinajstić information content (AvgIpc) is 3.02. The predicted octanol–water partition coefficient (Wildman–Crippen LogP) is 2.39. The second kappa shape index (κ2) is 6.57. The van der Waals surface area contributed by atoms with E-state index in [9.17, 15) is 13.2 Å². The van der Waals surface area contributed by atoms with Crippen LogP contribution in [-0.4, -0.2) is 31.5 Å². The van der Waals surface area contributed by atoms with Crippen LogP contribution in [-0.2, 0) is 27.8 Å². The molecule has 0 radical (unpaired) electrons. The highest BCUT2D eigenvalue weighted by Crippen LogP contribution is 2.35. The lowest BCUT2D eigenvalue weighted by Crippen LogP contribution is -2.35. The minimum atomic E-state index is -3.35. The van der Waals surface area contributed by atoms with Crippen LogP contribution >= 0.6 is 0 Å². The quantitative estimate of drug-likeness (QED) is 0.891. The zero-order valence-electron chi connectivity index (χ0n) is 14.5. The van der Waals surface area contributed by atoms with Gasteiger partial charge in [-0.2, -0.15) is 0 Å². The van der Waals surface area contributed by atoms with E-state index >= 15 is 0 Å². The van der Waals surface area contributed by atoms with E-state index < -0.39 is 16.1 Å². The lowest BCUT2D eigenvalue weighted by molar-refractivity contribution is 0.0884. The molecule has 1 unspecified atom stereocenters. The molecule has 0 saturated heterocycles. The summed E-state index contributed by atoms with van der Waals surface area (Å²) in [6.45, 7) is 2.30. The van der Waals surface area contributed by atoms with Gasteiger partial charge < -0.3 is 4.74 Å². The van der Waals surface area contributed by atoms with Gasteiger partial charge in [-0.1, -0.05) is 18.2 Å². The van der Waals surface area contributed by atoms with E-state index in [1.54, 1.807) is 19.3 Å². The minimum Gasteiger partial charge on any atom is -0.375 e. The normalized spacial score (nSPS) is 19.3. The number of aryl methyl sites for hydroxylation is 1. The number of ether oxygens (including phenoxy) is 1. The third kappa shape index (κ3) is 3.06. The fraction of sp³-hybridized carbons (Fsp3) is 0.368. The molecule has 136 valence electrons. The molecule has 1 aromatic carbocycles. The number of carbonyl (C=O) groups excluding carboxylic acids is 1. The van der Waals surface area contributed by atoms with E-state index in [2.05, 4.69) is 9.71 Å². The Morgan fingerprint density at radius 3 is 2.88 bits per heavy atom. The van der Waals surface area contributed by atoms with Crippen LogP contribution in [0.15, 0.2) is 30.6 Å². The van der Waals surface area contributed by atoms with Gasteiger partial charge >= 0.3 is 0 Å². The molecule has 6 nitrogen and oxygen atoms in total. The number of sulfonamides is 1. The van der Waals surface area contributed by atoms with Crippen LogP contribution in [0.4, 0.5) is 0 Å². The van der Waals surface area contributed by atoms with Crippen molar-refractivity contribution in [3.63, 3.8) is 0 Å². The van der Waals surface area contributed by atoms with E-state index in [0.717, 1.165) is 39.8 Å². The molecule has 7 heteroatoms. The van der Waals surface area contributed by atoms with Crippen LogP contribution in [0.2, 0.25) is 0 Å². The molecule has 1 aliphatic heterocycles. The second-order valence-electron chi connectivity index (χ2n) is 6.64. The van der Waals surface area contributed by atoms with Crippen molar-refractivity contribution in [2.45, 2.75) is 32.4 Å². The molecular weight excluding hydrogens is 352 g/mol. The maximum absolute atomic E-state index is 12.0. The summed E-state index contributed by atoms with van der Waals surface area (Å²) in [5.74, 6) is 0.210. The van der Waals surface area contributed by atoms with Gasteiger partial charge in [-0.05, 0) is 35.6 Å². The van der Waals surface area contributed by atoms with Crippen molar-refractivity contribution in [1.82, 2.24) is 9.71 Å². The first-order valence-corrected chi connectivity index (χ1v) is 10.3. The molecule has 0 spiro atoms. The highest BCUT2D eigenvalue weighted by molar-refractivity contribution is 7.89. The summed E-state index contributed by atoms with van der Waals surface area (Å²) in [6.07, 6.45) is 4.81. The summed E-state index contributed by atoms with van der Waals surface area (Å²) >= 11 is 0. The van der Waals surface area contributed by atoms with Crippen molar-refractivity contribution in [3.05, 3.63) is 52.8 Å². The number of carbonyl (C=O) groups is 1. The summed E-state index contributed by atoms with van der Waals surface area (Å²) in [5.41, 5.74) is 5.55. The number of Topliss-reactive ketones (excluding diaryl/α,β-unsaturated/α-hetero) is 1. The molecule has 0 bridgehead atoms. The van der Waals surface area contributed by atoms with Gasteiger partial charge in [-0.25, -0.2) is 13.1 Å². The Hall–Kier alpha value is -2.09. The molecule has 1 aromatic heterocycles. The number of aromatic nitrogens is 1. The van der Waals surface area contributed by atoms with Gasteiger partial charge in [0.05, 0.1) is 25.0 Å². The van der Waals surface area contributed by atoms with Crippen molar-refractivity contribution in [2.24, 2.45) is 0 Å².